The number of benzene rings is 1. The van der Waals surface area contributed by atoms with E-state index in [1.807, 2.05) is 0 Å². The Morgan fingerprint density at radius 3 is 2.95 bits per heavy atom. The topological polar surface area (TPSA) is 68.4 Å². The maximum Gasteiger partial charge on any atom is 0.258 e. The van der Waals surface area contributed by atoms with E-state index in [-0.39, 0.29) is 5.75 Å². The minimum Gasteiger partial charge on any atom is -0.504 e. The fourth-order valence-electron chi connectivity index (χ4n) is 1.58. The molecule has 5 nitrogen and oxygen atoms in total. The average Bonchev–Trinajstić information content (AvgIpc) is 2.94. The first-order valence-electron chi connectivity index (χ1n) is 6.45. The van der Waals surface area contributed by atoms with Gasteiger partial charge in [-0.25, -0.2) is 0 Å². The number of hydrogen-bond donors (Lipinski definition) is 1. The van der Waals surface area contributed by atoms with Crippen molar-refractivity contribution in [3.8, 4) is 23.0 Å². The number of rotatable bonds is 6. The van der Waals surface area contributed by atoms with Crippen LogP contribution in [0.15, 0.2) is 22.7 Å². The van der Waals surface area contributed by atoms with Crippen molar-refractivity contribution in [2.75, 3.05) is 7.11 Å². The summed E-state index contributed by atoms with van der Waals surface area (Å²) in [6, 6.07) is 4.94. The molecule has 2 aromatic rings. The van der Waals surface area contributed by atoms with Gasteiger partial charge in [0.1, 0.15) is 0 Å². The number of hydrogen-bond acceptors (Lipinski definition) is 6. The van der Waals surface area contributed by atoms with Crippen LogP contribution >= 0.6 is 11.8 Å². The quantitative estimate of drug-likeness (QED) is 0.879. The van der Waals surface area contributed by atoms with Gasteiger partial charge in [0, 0.05) is 10.8 Å². The maximum absolute atomic E-state index is 9.56. The molecule has 0 saturated carbocycles. The second-order valence-electron chi connectivity index (χ2n) is 4.43. The van der Waals surface area contributed by atoms with Crippen LogP contribution < -0.4 is 4.74 Å². The molecular weight excluding hydrogens is 276 g/mol. The van der Waals surface area contributed by atoms with Crippen molar-refractivity contribution in [1.29, 1.82) is 0 Å². The highest BCUT2D eigenvalue weighted by atomic mass is 32.2. The van der Waals surface area contributed by atoms with Crippen molar-refractivity contribution in [2.45, 2.75) is 31.3 Å². The molecule has 108 valence electrons. The van der Waals surface area contributed by atoms with Crippen LogP contribution in [-0.2, 0) is 5.75 Å². The molecule has 0 fully saturated rings. The third-order valence-corrected chi connectivity index (χ3v) is 4.29. The first kappa shape index (κ1) is 14.7. The summed E-state index contributed by atoms with van der Waals surface area (Å²) in [5.74, 6) is 2.31. The summed E-state index contributed by atoms with van der Waals surface area (Å²) >= 11 is 1.80. The number of phenols is 1. The monoisotopic (exact) mass is 294 g/mol. The Balaban J connectivity index is 2.12. The molecule has 0 amide bonds. The highest BCUT2D eigenvalue weighted by Crippen LogP contribution is 2.31. The minimum absolute atomic E-state index is 0.0864. The van der Waals surface area contributed by atoms with Crippen LogP contribution in [0, 0.1) is 0 Å². The molecule has 0 aliphatic rings. The van der Waals surface area contributed by atoms with Gasteiger partial charge >= 0.3 is 0 Å². The Morgan fingerprint density at radius 2 is 2.25 bits per heavy atom. The van der Waals surface area contributed by atoms with E-state index in [2.05, 4.69) is 24.0 Å². The lowest BCUT2D eigenvalue weighted by Gasteiger charge is -2.04. The Hall–Kier alpha value is -1.69. The molecule has 6 heteroatoms. The van der Waals surface area contributed by atoms with Gasteiger partial charge in [0.25, 0.3) is 5.89 Å². The van der Waals surface area contributed by atoms with Crippen molar-refractivity contribution in [3.63, 3.8) is 0 Å². The number of aromatic nitrogens is 2. The van der Waals surface area contributed by atoms with Gasteiger partial charge in [0.2, 0.25) is 0 Å². The zero-order chi connectivity index (χ0) is 14.5. The third-order valence-electron chi connectivity index (χ3n) is 2.97. The second-order valence-corrected chi connectivity index (χ2v) is 5.86. The molecule has 2 rings (SSSR count). The van der Waals surface area contributed by atoms with Gasteiger partial charge in [0.05, 0.1) is 12.9 Å². The molecule has 0 aliphatic heterocycles. The summed E-state index contributed by atoms with van der Waals surface area (Å²) in [5.41, 5.74) is 0.729. The zero-order valence-electron chi connectivity index (χ0n) is 11.8. The Bertz CT molecular complexity index is 571. The van der Waals surface area contributed by atoms with Crippen molar-refractivity contribution in [3.05, 3.63) is 24.0 Å². The molecule has 1 N–H and O–H groups in total. The van der Waals surface area contributed by atoms with Crippen LogP contribution in [0.1, 0.15) is 26.1 Å². The van der Waals surface area contributed by atoms with Gasteiger partial charge in [-0.3, -0.25) is 0 Å². The molecule has 20 heavy (non-hydrogen) atoms. The van der Waals surface area contributed by atoms with Gasteiger partial charge in [-0.15, -0.1) is 0 Å². The van der Waals surface area contributed by atoms with Crippen LogP contribution in [0.5, 0.6) is 11.5 Å². The van der Waals surface area contributed by atoms with E-state index in [4.69, 9.17) is 9.26 Å². The first-order valence-corrected chi connectivity index (χ1v) is 7.50. The number of thioether (sulfide) groups is 1. The fraction of sp³-hybridized carbons (Fsp3) is 0.429. The van der Waals surface area contributed by atoms with Crippen molar-refractivity contribution >= 4 is 11.8 Å². The molecule has 1 unspecified atom stereocenters. The molecule has 1 atom stereocenters. The Morgan fingerprint density at radius 1 is 1.45 bits per heavy atom. The third kappa shape index (κ3) is 3.45. The number of aromatic hydroxyl groups is 1. The van der Waals surface area contributed by atoms with E-state index in [0.717, 1.165) is 17.7 Å². The van der Waals surface area contributed by atoms with Crippen molar-refractivity contribution in [2.24, 2.45) is 0 Å². The molecule has 0 aliphatic carbocycles. The lowest BCUT2D eigenvalue weighted by molar-refractivity contribution is 0.373. The van der Waals surface area contributed by atoms with E-state index in [1.54, 1.807) is 30.0 Å². The fourth-order valence-corrected chi connectivity index (χ4v) is 2.36. The summed E-state index contributed by atoms with van der Waals surface area (Å²) in [4.78, 5) is 4.36. The predicted octanol–water partition coefficient (Wildman–Crippen LogP) is 3.48. The SMILES string of the molecule is CCC(C)SCc1noc(-c2ccc(O)c(OC)c2)n1. The summed E-state index contributed by atoms with van der Waals surface area (Å²) in [6.45, 7) is 4.33. The molecule has 0 bridgehead atoms. The van der Waals surface area contributed by atoms with E-state index in [0.29, 0.717) is 22.7 Å². The molecule has 0 saturated heterocycles. The average molecular weight is 294 g/mol. The molecule has 1 aromatic carbocycles. The van der Waals surface area contributed by atoms with Gasteiger partial charge in [-0.2, -0.15) is 16.7 Å². The molecule has 1 aromatic heterocycles. The van der Waals surface area contributed by atoms with Crippen molar-refractivity contribution < 1.29 is 14.4 Å². The van der Waals surface area contributed by atoms with E-state index < -0.39 is 0 Å². The minimum atomic E-state index is 0.0864. The maximum atomic E-state index is 9.56. The first-order chi connectivity index (χ1) is 9.63. The normalized spacial score (nSPS) is 12.3. The van der Waals surface area contributed by atoms with Crippen LogP contribution in [0.3, 0.4) is 0 Å². The number of phenolic OH excluding ortho intramolecular Hbond substituents is 1. The Kier molecular flexibility index (Phi) is 4.89. The van der Waals surface area contributed by atoms with Gasteiger partial charge < -0.3 is 14.4 Å². The molecule has 0 spiro atoms. The number of ether oxygens (including phenoxy) is 1. The Labute approximate surface area is 122 Å². The molecular formula is C14H18N2O3S. The summed E-state index contributed by atoms with van der Waals surface area (Å²) in [7, 11) is 1.50. The lowest BCUT2D eigenvalue weighted by atomic mass is 10.2. The van der Waals surface area contributed by atoms with E-state index in [9.17, 15) is 5.11 Å². The second kappa shape index (κ2) is 6.65. The van der Waals surface area contributed by atoms with E-state index in [1.165, 1.54) is 7.11 Å². The summed E-state index contributed by atoms with van der Waals surface area (Å²) in [5, 5.41) is 14.1. The van der Waals surface area contributed by atoms with Crippen LogP contribution in [0.4, 0.5) is 0 Å². The predicted molar refractivity (Wildman–Crippen MR) is 79.0 cm³/mol. The number of nitrogens with zero attached hydrogens (tertiary/aromatic N) is 2. The highest BCUT2D eigenvalue weighted by molar-refractivity contribution is 7.99. The largest absolute Gasteiger partial charge is 0.504 e. The summed E-state index contributed by atoms with van der Waals surface area (Å²) in [6.07, 6.45) is 1.12. The zero-order valence-corrected chi connectivity index (χ0v) is 12.6. The van der Waals surface area contributed by atoms with Crippen LogP contribution in [0.25, 0.3) is 11.5 Å². The lowest BCUT2D eigenvalue weighted by Crippen LogP contribution is -1.94. The van der Waals surface area contributed by atoms with Gasteiger partial charge in [0.15, 0.2) is 17.3 Å². The van der Waals surface area contributed by atoms with E-state index >= 15 is 0 Å². The van der Waals surface area contributed by atoms with Gasteiger partial charge in [-0.1, -0.05) is 19.0 Å². The molecule has 0 radical (unpaired) electrons. The summed E-state index contributed by atoms with van der Waals surface area (Å²) < 4.78 is 10.3. The standard InChI is InChI=1S/C14H18N2O3S/c1-4-9(2)20-8-13-15-14(19-16-13)10-5-6-11(17)12(7-10)18-3/h5-7,9,17H,4,8H2,1-3H3. The molecule has 1 heterocycles. The number of methoxy groups -OCH3 is 1. The highest BCUT2D eigenvalue weighted by Gasteiger charge is 2.12. The van der Waals surface area contributed by atoms with Crippen LogP contribution in [0.2, 0.25) is 0 Å². The van der Waals surface area contributed by atoms with Crippen LogP contribution in [-0.4, -0.2) is 27.6 Å². The smallest absolute Gasteiger partial charge is 0.258 e. The van der Waals surface area contributed by atoms with Crippen molar-refractivity contribution in [1.82, 2.24) is 10.1 Å². The van der Waals surface area contributed by atoms with Gasteiger partial charge in [-0.05, 0) is 24.6 Å².